The van der Waals surface area contributed by atoms with Crippen molar-refractivity contribution in [2.24, 2.45) is 0 Å². The first-order valence-electron chi connectivity index (χ1n) is 5.48. The van der Waals surface area contributed by atoms with Crippen molar-refractivity contribution in [2.75, 3.05) is 7.05 Å². The van der Waals surface area contributed by atoms with Gasteiger partial charge in [-0.15, -0.1) is 0 Å². The van der Waals surface area contributed by atoms with Crippen LogP contribution in [0.25, 0.3) is 16.8 Å². The Morgan fingerprint density at radius 2 is 2.39 bits per heavy atom. The number of nitriles is 1. The number of hydrogen-bond acceptors (Lipinski definition) is 3. The molecule has 2 N–H and O–H groups in total. The highest BCUT2D eigenvalue weighted by atomic mass is 79.9. The molecule has 0 bridgehead atoms. The first-order valence-corrected chi connectivity index (χ1v) is 6.27. The number of nitrogens with zero attached hydrogens (tertiary/aromatic N) is 3. The average molecular weight is 304 g/mol. The molecule has 0 aliphatic carbocycles. The summed E-state index contributed by atoms with van der Waals surface area (Å²) in [6.45, 7) is 0.726. The summed E-state index contributed by atoms with van der Waals surface area (Å²) in [5, 5.41) is 12.0. The van der Waals surface area contributed by atoms with Crippen molar-refractivity contribution in [3.63, 3.8) is 0 Å². The molecular weight excluding hydrogens is 294 g/mol. The molecule has 0 saturated heterocycles. The van der Waals surface area contributed by atoms with Gasteiger partial charge in [0.05, 0.1) is 28.4 Å². The Morgan fingerprint density at radius 1 is 1.56 bits per heavy atom. The van der Waals surface area contributed by atoms with E-state index in [0.717, 1.165) is 33.7 Å². The second kappa shape index (κ2) is 4.12. The van der Waals surface area contributed by atoms with E-state index < -0.39 is 0 Å². The molecule has 1 aromatic carbocycles. The Balaban J connectivity index is 2.35. The fourth-order valence-electron chi connectivity index (χ4n) is 2.04. The van der Waals surface area contributed by atoms with Crippen LogP contribution in [0.1, 0.15) is 11.3 Å². The van der Waals surface area contributed by atoms with E-state index in [9.17, 15) is 0 Å². The van der Waals surface area contributed by atoms with Crippen LogP contribution in [0.4, 0.5) is 0 Å². The van der Waals surface area contributed by atoms with Crippen LogP contribution in [0.2, 0.25) is 0 Å². The van der Waals surface area contributed by atoms with Gasteiger partial charge in [-0.05, 0) is 41.2 Å². The number of fused-ring (bicyclic) bond motifs is 3. The molecule has 2 aromatic heterocycles. The zero-order valence-corrected chi connectivity index (χ0v) is 11.2. The summed E-state index contributed by atoms with van der Waals surface area (Å²) in [5.74, 6) is 0.775. The summed E-state index contributed by atoms with van der Waals surface area (Å²) < 4.78 is 2.91. The molecular formula is C12H10BrN5. The van der Waals surface area contributed by atoms with E-state index in [2.05, 4.69) is 37.3 Å². The van der Waals surface area contributed by atoms with Crippen LogP contribution in [0.5, 0.6) is 0 Å². The van der Waals surface area contributed by atoms with Crippen LogP contribution in [0.15, 0.2) is 22.8 Å². The monoisotopic (exact) mass is 303 g/mol. The number of aromatic amines is 1. The third kappa shape index (κ3) is 1.52. The molecule has 0 fully saturated rings. The molecule has 0 saturated carbocycles. The summed E-state index contributed by atoms with van der Waals surface area (Å²) in [6.07, 6.45) is 0. The highest BCUT2D eigenvalue weighted by molar-refractivity contribution is 9.10. The quantitative estimate of drug-likeness (QED) is 0.762. The van der Waals surface area contributed by atoms with Gasteiger partial charge in [-0.3, -0.25) is 4.40 Å². The summed E-state index contributed by atoms with van der Waals surface area (Å²) in [6, 6.07) is 7.63. The number of hydrogen-bond donors (Lipinski definition) is 2. The lowest BCUT2D eigenvalue weighted by atomic mass is 10.2. The second-order valence-corrected chi connectivity index (χ2v) is 4.76. The zero-order valence-electron chi connectivity index (χ0n) is 9.66. The largest absolute Gasteiger partial charge is 0.325 e. The van der Waals surface area contributed by atoms with E-state index in [1.54, 1.807) is 6.07 Å². The van der Waals surface area contributed by atoms with Crippen LogP contribution in [0.3, 0.4) is 0 Å². The van der Waals surface area contributed by atoms with E-state index in [0.29, 0.717) is 5.56 Å². The number of halogens is 1. The topological polar surface area (TPSA) is 68.9 Å². The Bertz CT molecular complexity index is 777. The van der Waals surface area contributed by atoms with Crippen molar-refractivity contribution in [3.05, 3.63) is 34.1 Å². The molecule has 0 aliphatic rings. The number of nitrogens with one attached hydrogen (secondary N) is 2. The van der Waals surface area contributed by atoms with E-state index >= 15 is 0 Å². The van der Waals surface area contributed by atoms with E-state index in [-0.39, 0.29) is 0 Å². The lowest BCUT2D eigenvalue weighted by Crippen LogP contribution is -2.05. The minimum Gasteiger partial charge on any atom is -0.325 e. The molecule has 3 rings (SSSR count). The van der Waals surface area contributed by atoms with Crippen LogP contribution in [-0.4, -0.2) is 21.4 Å². The molecule has 0 spiro atoms. The van der Waals surface area contributed by atoms with Gasteiger partial charge in [0, 0.05) is 6.54 Å². The van der Waals surface area contributed by atoms with Gasteiger partial charge in [-0.25, -0.2) is 4.98 Å². The molecule has 0 unspecified atom stereocenters. The van der Waals surface area contributed by atoms with Crippen LogP contribution >= 0.6 is 15.9 Å². The first kappa shape index (κ1) is 11.3. The van der Waals surface area contributed by atoms with Crippen molar-refractivity contribution in [2.45, 2.75) is 6.54 Å². The van der Waals surface area contributed by atoms with Gasteiger partial charge in [-0.2, -0.15) is 5.26 Å². The highest BCUT2D eigenvalue weighted by Crippen LogP contribution is 2.25. The Kier molecular flexibility index (Phi) is 2.58. The molecule has 18 heavy (non-hydrogen) atoms. The average Bonchev–Trinajstić information content (AvgIpc) is 2.87. The first-order chi connectivity index (χ1) is 8.74. The second-order valence-electron chi connectivity index (χ2n) is 4.01. The summed E-state index contributed by atoms with van der Waals surface area (Å²) in [5.41, 5.74) is 3.46. The van der Waals surface area contributed by atoms with Crippen molar-refractivity contribution in [1.82, 2.24) is 19.7 Å². The molecule has 5 nitrogen and oxygen atoms in total. The molecule has 0 amide bonds. The predicted octanol–water partition coefficient (Wildman–Crippen LogP) is 2.17. The molecule has 0 radical (unpaired) electrons. The van der Waals surface area contributed by atoms with Crippen LogP contribution in [0, 0.1) is 11.3 Å². The predicted molar refractivity (Wildman–Crippen MR) is 72.2 cm³/mol. The van der Waals surface area contributed by atoms with E-state index in [1.807, 2.05) is 23.6 Å². The number of imidazole rings is 2. The molecule has 0 aliphatic heterocycles. The third-order valence-corrected chi connectivity index (χ3v) is 3.68. The number of rotatable bonds is 2. The van der Waals surface area contributed by atoms with Crippen molar-refractivity contribution in [1.29, 1.82) is 5.26 Å². The third-order valence-electron chi connectivity index (χ3n) is 2.85. The van der Waals surface area contributed by atoms with E-state index in [4.69, 9.17) is 5.26 Å². The Labute approximate surface area is 112 Å². The molecule has 3 aromatic rings. The van der Waals surface area contributed by atoms with Crippen LogP contribution in [-0.2, 0) is 6.54 Å². The van der Waals surface area contributed by atoms with Crippen LogP contribution < -0.4 is 5.32 Å². The smallest absolute Gasteiger partial charge is 0.213 e. The highest BCUT2D eigenvalue weighted by Gasteiger charge is 2.13. The van der Waals surface area contributed by atoms with Gasteiger partial charge in [-0.1, -0.05) is 0 Å². The number of H-pyrrole nitrogens is 1. The zero-order chi connectivity index (χ0) is 12.7. The standard InChI is InChI=1S/C12H10BrN5/c1-15-6-9-11(13)18-10-4-7(5-14)2-3-8(10)16-12(18)17-9/h2-4,15H,6H2,1H3,(H,16,17). The molecule has 6 heteroatoms. The van der Waals surface area contributed by atoms with Crippen molar-refractivity contribution >= 4 is 32.7 Å². The van der Waals surface area contributed by atoms with Gasteiger partial charge in [0.1, 0.15) is 4.60 Å². The van der Waals surface area contributed by atoms with Gasteiger partial charge in [0.2, 0.25) is 5.78 Å². The van der Waals surface area contributed by atoms with Gasteiger partial charge in [0.15, 0.2) is 0 Å². The summed E-state index contributed by atoms with van der Waals surface area (Å²) in [4.78, 5) is 7.75. The van der Waals surface area contributed by atoms with Gasteiger partial charge < -0.3 is 10.3 Å². The minimum atomic E-state index is 0.632. The lowest BCUT2D eigenvalue weighted by molar-refractivity contribution is 0.793. The fraction of sp³-hybridized carbons (Fsp3) is 0.167. The fourth-order valence-corrected chi connectivity index (χ4v) is 2.64. The number of aromatic nitrogens is 3. The van der Waals surface area contributed by atoms with Gasteiger partial charge >= 0.3 is 0 Å². The summed E-state index contributed by atoms with van der Waals surface area (Å²) in [7, 11) is 1.89. The summed E-state index contributed by atoms with van der Waals surface area (Å²) >= 11 is 3.57. The minimum absolute atomic E-state index is 0.632. The van der Waals surface area contributed by atoms with E-state index in [1.165, 1.54) is 0 Å². The Hall–Kier alpha value is -1.84. The van der Waals surface area contributed by atoms with Crippen molar-refractivity contribution < 1.29 is 0 Å². The molecule has 0 atom stereocenters. The maximum absolute atomic E-state index is 8.96. The van der Waals surface area contributed by atoms with Crippen molar-refractivity contribution in [3.8, 4) is 6.07 Å². The number of benzene rings is 1. The maximum Gasteiger partial charge on any atom is 0.213 e. The van der Waals surface area contributed by atoms with Gasteiger partial charge in [0.25, 0.3) is 0 Å². The normalized spacial score (nSPS) is 11.2. The molecule has 2 heterocycles. The maximum atomic E-state index is 8.96. The Morgan fingerprint density at radius 3 is 3.11 bits per heavy atom. The SMILES string of the molecule is CNCc1[nH]c2nc3ccc(C#N)cc3n2c1Br. The lowest BCUT2D eigenvalue weighted by Gasteiger charge is -1.97. The molecule has 90 valence electrons.